The van der Waals surface area contributed by atoms with Gasteiger partial charge in [0.2, 0.25) is 0 Å². The zero-order chi connectivity index (χ0) is 10.6. The molecule has 2 atom stereocenters. The summed E-state index contributed by atoms with van der Waals surface area (Å²) >= 11 is 0. The Kier molecular flexibility index (Phi) is 1.82. The van der Waals surface area contributed by atoms with Crippen LogP contribution in [0.1, 0.15) is 40.5 Å². The van der Waals surface area contributed by atoms with E-state index in [1.807, 2.05) is 13.0 Å². The van der Waals surface area contributed by atoms with Gasteiger partial charge in [0.05, 0.1) is 0 Å². The predicted octanol–water partition coefficient (Wildman–Crippen LogP) is 2.68. The van der Waals surface area contributed by atoms with Crippen LogP contribution >= 0.6 is 0 Å². The monoisotopic (exact) mass is 194 g/mol. The van der Waals surface area contributed by atoms with Crippen LogP contribution in [0, 0.1) is 11.3 Å². The molecule has 0 bridgehead atoms. The third-order valence-corrected chi connectivity index (χ3v) is 4.29. The number of fused-ring (bicyclic) bond motifs is 1. The number of carbonyl (C=O) groups is 1. The predicted molar refractivity (Wildman–Crippen MR) is 54.8 cm³/mol. The zero-order valence-corrected chi connectivity index (χ0v) is 9.39. The van der Waals surface area contributed by atoms with Crippen molar-refractivity contribution in [1.82, 2.24) is 0 Å². The second kappa shape index (κ2) is 2.62. The van der Waals surface area contributed by atoms with E-state index in [9.17, 15) is 4.79 Å². The van der Waals surface area contributed by atoms with Gasteiger partial charge in [0.1, 0.15) is 5.60 Å². The van der Waals surface area contributed by atoms with E-state index < -0.39 is 0 Å². The second-order valence-corrected chi connectivity index (χ2v) is 5.22. The van der Waals surface area contributed by atoms with Crippen LogP contribution < -0.4 is 0 Å². The molecular weight excluding hydrogens is 176 g/mol. The number of ether oxygens (including phenoxy) is 1. The topological polar surface area (TPSA) is 26.3 Å². The van der Waals surface area contributed by atoms with Crippen LogP contribution in [0.15, 0.2) is 11.6 Å². The van der Waals surface area contributed by atoms with Gasteiger partial charge in [0.25, 0.3) is 0 Å². The smallest absolute Gasteiger partial charge is 0.334 e. The van der Waals surface area contributed by atoms with E-state index in [0.717, 1.165) is 18.4 Å². The van der Waals surface area contributed by atoms with Crippen molar-refractivity contribution >= 4 is 5.97 Å². The molecule has 0 N–H and O–H groups in total. The van der Waals surface area contributed by atoms with E-state index in [0.29, 0.717) is 5.92 Å². The highest BCUT2D eigenvalue weighted by atomic mass is 16.6. The van der Waals surface area contributed by atoms with Crippen LogP contribution in [0.25, 0.3) is 0 Å². The summed E-state index contributed by atoms with van der Waals surface area (Å²) in [6.07, 6.45) is 4.13. The van der Waals surface area contributed by atoms with Crippen LogP contribution in [0.3, 0.4) is 0 Å². The summed E-state index contributed by atoms with van der Waals surface area (Å²) in [5.74, 6) is 0.211. The Morgan fingerprint density at radius 2 is 2.07 bits per heavy atom. The summed E-state index contributed by atoms with van der Waals surface area (Å²) in [6.45, 7) is 8.39. The molecule has 0 aromatic carbocycles. The van der Waals surface area contributed by atoms with Crippen molar-refractivity contribution in [3.05, 3.63) is 11.6 Å². The van der Waals surface area contributed by atoms with Gasteiger partial charge in [-0.05, 0) is 26.7 Å². The Labute approximate surface area is 85.3 Å². The quantitative estimate of drug-likeness (QED) is 0.438. The van der Waals surface area contributed by atoms with Crippen LogP contribution in [0.2, 0.25) is 0 Å². The number of hydrogen-bond donors (Lipinski definition) is 0. The maximum Gasteiger partial charge on any atom is 0.334 e. The molecule has 1 saturated heterocycles. The van der Waals surface area contributed by atoms with E-state index in [4.69, 9.17) is 4.74 Å². The highest BCUT2D eigenvalue weighted by Gasteiger charge is 2.61. The lowest BCUT2D eigenvalue weighted by atomic mass is 9.75. The second-order valence-electron chi connectivity index (χ2n) is 5.22. The van der Waals surface area contributed by atoms with Gasteiger partial charge in [-0.1, -0.05) is 19.9 Å². The molecule has 0 radical (unpaired) electrons. The largest absolute Gasteiger partial charge is 0.455 e. The van der Waals surface area contributed by atoms with Gasteiger partial charge in [0, 0.05) is 16.9 Å². The summed E-state index contributed by atoms with van der Waals surface area (Å²) in [6, 6.07) is 0. The van der Waals surface area contributed by atoms with E-state index in [-0.39, 0.29) is 17.0 Å². The van der Waals surface area contributed by atoms with Crippen LogP contribution in [0.5, 0.6) is 0 Å². The number of carbonyl (C=O) groups excluding carboxylic acids is 1. The fraction of sp³-hybridized carbons (Fsp3) is 0.750. The first-order valence-electron chi connectivity index (χ1n) is 5.32. The highest BCUT2D eigenvalue weighted by Crippen LogP contribution is 2.57. The molecule has 2 nitrogen and oxygen atoms in total. The molecule has 14 heavy (non-hydrogen) atoms. The van der Waals surface area contributed by atoms with Gasteiger partial charge in [0.15, 0.2) is 0 Å². The van der Waals surface area contributed by atoms with Crippen molar-refractivity contribution in [3.63, 3.8) is 0 Å². The Hall–Kier alpha value is -0.790. The highest BCUT2D eigenvalue weighted by molar-refractivity contribution is 5.92. The molecule has 78 valence electrons. The van der Waals surface area contributed by atoms with Gasteiger partial charge in [-0.3, -0.25) is 0 Å². The van der Waals surface area contributed by atoms with E-state index in [2.05, 4.69) is 20.8 Å². The van der Waals surface area contributed by atoms with Gasteiger partial charge in [-0.25, -0.2) is 4.79 Å². The molecule has 0 unspecified atom stereocenters. The molecule has 1 aliphatic heterocycles. The summed E-state index contributed by atoms with van der Waals surface area (Å²) in [5, 5.41) is 0. The molecule has 2 heteroatoms. The average Bonchev–Trinajstić information content (AvgIpc) is 2.45. The maximum atomic E-state index is 11.6. The van der Waals surface area contributed by atoms with Crippen molar-refractivity contribution in [2.45, 2.75) is 46.1 Å². The molecule has 0 amide bonds. The Morgan fingerprint density at radius 3 is 2.64 bits per heavy atom. The lowest BCUT2D eigenvalue weighted by Crippen LogP contribution is -2.40. The Bertz CT molecular complexity index is 314. The number of esters is 1. The molecule has 0 aromatic rings. The normalized spacial score (nSPS) is 42.7. The molecule has 1 heterocycles. The minimum Gasteiger partial charge on any atom is -0.455 e. The molecule has 2 rings (SSSR count). The van der Waals surface area contributed by atoms with E-state index in [1.54, 1.807) is 0 Å². The fourth-order valence-electron chi connectivity index (χ4n) is 2.87. The van der Waals surface area contributed by atoms with Crippen molar-refractivity contribution in [3.8, 4) is 0 Å². The summed E-state index contributed by atoms with van der Waals surface area (Å²) in [5.41, 5.74) is 0.724. The van der Waals surface area contributed by atoms with Gasteiger partial charge in [-0.2, -0.15) is 0 Å². The van der Waals surface area contributed by atoms with Crippen LogP contribution in [-0.2, 0) is 9.53 Å². The van der Waals surface area contributed by atoms with Gasteiger partial charge in [-0.15, -0.1) is 0 Å². The fourth-order valence-corrected chi connectivity index (χ4v) is 2.87. The van der Waals surface area contributed by atoms with Gasteiger partial charge >= 0.3 is 5.97 Å². The Morgan fingerprint density at radius 1 is 1.43 bits per heavy atom. The molecule has 1 aliphatic carbocycles. The molecular formula is C12H18O2. The van der Waals surface area contributed by atoms with Crippen molar-refractivity contribution in [2.75, 3.05) is 0 Å². The molecule has 2 aliphatic rings. The molecule has 2 fully saturated rings. The first-order valence-corrected chi connectivity index (χ1v) is 5.32. The van der Waals surface area contributed by atoms with E-state index >= 15 is 0 Å². The first kappa shape index (κ1) is 9.75. The van der Waals surface area contributed by atoms with Gasteiger partial charge < -0.3 is 4.74 Å². The number of allylic oxidation sites excluding steroid dienone is 1. The van der Waals surface area contributed by atoms with Crippen molar-refractivity contribution in [2.24, 2.45) is 11.3 Å². The minimum atomic E-state index is -0.272. The molecule has 0 aromatic heterocycles. The maximum absolute atomic E-state index is 11.6. The average molecular weight is 194 g/mol. The summed E-state index contributed by atoms with van der Waals surface area (Å²) < 4.78 is 5.58. The number of rotatable bonds is 0. The SMILES string of the molecule is C/C=C1/C(=O)O[C@@]2(C)[C@@H]1CCC2(C)C. The van der Waals surface area contributed by atoms with Crippen LogP contribution in [-0.4, -0.2) is 11.6 Å². The molecule has 1 saturated carbocycles. The van der Waals surface area contributed by atoms with Crippen molar-refractivity contribution in [1.29, 1.82) is 0 Å². The summed E-state index contributed by atoms with van der Waals surface area (Å²) in [4.78, 5) is 11.6. The lowest BCUT2D eigenvalue weighted by Gasteiger charge is -2.36. The minimum absolute atomic E-state index is 0.104. The third-order valence-electron chi connectivity index (χ3n) is 4.29. The molecule has 0 spiro atoms. The standard InChI is InChI=1S/C12H18O2/c1-5-8-9-6-7-11(2,3)12(9,4)14-10(8)13/h5,9H,6-7H2,1-4H3/b8-5+/t9-,12+/m1/s1. The summed E-state index contributed by atoms with van der Waals surface area (Å²) in [7, 11) is 0. The third kappa shape index (κ3) is 0.943. The zero-order valence-electron chi connectivity index (χ0n) is 9.39. The Balaban J connectivity index is 2.45. The van der Waals surface area contributed by atoms with Crippen LogP contribution in [0.4, 0.5) is 0 Å². The van der Waals surface area contributed by atoms with E-state index in [1.165, 1.54) is 0 Å². The van der Waals surface area contributed by atoms with Crippen molar-refractivity contribution < 1.29 is 9.53 Å². The first-order chi connectivity index (χ1) is 6.42. The number of hydrogen-bond acceptors (Lipinski definition) is 2. The lowest BCUT2D eigenvalue weighted by molar-refractivity contribution is -0.154.